The van der Waals surface area contributed by atoms with Crippen LogP contribution < -0.4 is 0 Å². The minimum absolute atomic E-state index is 0.107. The zero-order valence-corrected chi connectivity index (χ0v) is 11.0. The van der Waals surface area contributed by atoms with E-state index >= 15 is 0 Å². The van der Waals surface area contributed by atoms with Crippen molar-refractivity contribution in [1.82, 2.24) is 0 Å². The van der Waals surface area contributed by atoms with Crippen molar-refractivity contribution < 1.29 is 12.8 Å². The van der Waals surface area contributed by atoms with Crippen LogP contribution >= 0.6 is 0 Å². The highest BCUT2D eigenvalue weighted by molar-refractivity contribution is 7.91. The van der Waals surface area contributed by atoms with Crippen molar-refractivity contribution >= 4 is 9.84 Å². The summed E-state index contributed by atoms with van der Waals surface area (Å²) < 4.78 is 37.5. The lowest BCUT2D eigenvalue weighted by molar-refractivity contribution is 0.594. The van der Waals surface area contributed by atoms with Crippen LogP contribution in [-0.4, -0.2) is 8.42 Å². The van der Waals surface area contributed by atoms with Crippen molar-refractivity contribution in [3.8, 4) is 0 Å². The van der Waals surface area contributed by atoms with Crippen LogP contribution in [0.5, 0.6) is 0 Å². The number of sulfone groups is 1. The number of aryl methyl sites for hydroxylation is 2. The highest BCUT2D eigenvalue weighted by atomic mass is 32.2. The number of hydrogen-bond acceptors (Lipinski definition) is 2. The number of benzene rings is 2. The van der Waals surface area contributed by atoms with Crippen LogP contribution in [0.25, 0.3) is 0 Å². The second-order valence-electron chi connectivity index (χ2n) is 4.23. The van der Waals surface area contributed by atoms with E-state index in [1.165, 1.54) is 12.1 Å². The Hall–Kier alpha value is -1.68. The van der Waals surface area contributed by atoms with E-state index in [1.807, 2.05) is 13.0 Å². The molecule has 0 aliphatic rings. The van der Waals surface area contributed by atoms with E-state index < -0.39 is 15.7 Å². The van der Waals surface area contributed by atoms with Gasteiger partial charge in [-0.1, -0.05) is 17.7 Å². The Morgan fingerprint density at radius 1 is 0.944 bits per heavy atom. The maximum atomic E-state index is 12.8. The molecule has 0 aromatic heterocycles. The van der Waals surface area contributed by atoms with E-state index in [-0.39, 0.29) is 9.79 Å². The van der Waals surface area contributed by atoms with Crippen LogP contribution in [0.2, 0.25) is 0 Å². The van der Waals surface area contributed by atoms with Gasteiger partial charge in [0.25, 0.3) is 0 Å². The molecule has 0 atom stereocenters. The molecule has 0 amide bonds. The van der Waals surface area contributed by atoms with E-state index in [4.69, 9.17) is 0 Å². The Bertz CT molecular complexity index is 673. The summed E-state index contributed by atoms with van der Waals surface area (Å²) in [4.78, 5) is 0.371. The summed E-state index contributed by atoms with van der Waals surface area (Å²) in [5.74, 6) is -0.449. The Morgan fingerprint density at radius 2 is 1.56 bits per heavy atom. The van der Waals surface area contributed by atoms with Gasteiger partial charge in [0.05, 0.1) is 9.79 Å². The van der Waals surface area contributed by atoms with Crippen LogP contribution in [0.1, 0.15) is 11.1 Å². The Balaban J connectivity index is 2.58. The molecule has 18 heavy (non-hydrogen) atoms. The first-order valence-corrected chi connectivity index (χ1v) is 6.97. The fraction of sp³-hybridized carbons (Fsp3) is 0.143. The van der Waals surface area contributed by atoms with E-state index in [2.05, 4.69) is 0 Å². The van der Waals surface area contributed by atoms with Gasteiger partial charge in [-0.2, -0.15) is 0 Å². The molecule has 2 aromatic rings. The van der Waals surface area contributed by atoms with Crippen LogP contribution in [0.4, 0.5) is 4.39 Å². The van der Waals surface area contributed by atoms with Crippen LogP contribution in [0.3, 0.4) is 0 Å². The third-order valence-electron chi connectivity index (χ3n) is 2.74. The predicted molar refractivity (Wildman–Crippen MR) is 67.8 cm³/mol. The molecule has 94 valence electrons. The van der Waals surface area contributed by atoms with Crippen LogP contribution in [0, 0.1) is 19.7 Å². The molecule has 0 fully saturated rings. The number of halogens is 1. The fourth-order valence-electron chi connectivity index (χ4n) is 1.84. The second-order valence-corrected chi connectivity index (χ2v) is 6.14. The fourth-order valence-corrected chi connectivity index (χ4v) is 3.32. The van der Waals surface area contributed by atoms with Gasteiger partial charge in [-0.15, -0.1) is 0 Å². The molecule has 0 saturated carbocycles. The number of hydrogen-bond donors (Lipinski definition) is 0. The largest absolute Gasteiger partial charge is 0.219 e. The van der Waals surface area contributed by atoms with Gasteiger partial charge in [-0.3, -0.25) is 0 Å². The van der Waals surface area contributed by atoms with E-state index in [9.17, 15) is 12.8 Å². The molecular weight excluding hydrogens is 251 g/mol. The molecule has 0 bridgehead atoms. The Morgan fingerprint density at radius 3 is 2.11 bits per heavy atom. The van der Waals surface area contributed by atoms with E-state index in [0.717, 1.165) is 17.7 Å². The summed E-state index contributed by atoms with van der Waals surface area (Å²) in [5.41, 5.74) is 1.70. The zero-order valence-electron chi connectivity index (χ0n) is 10.1. The van der Waals surface area contributed by atoms with Gasteiger partial charge in [0.2, 0.25) is 9.84 Å². The summed E-state index contributed by atoms with van der Waals surface area (Å²) in [5, 5.41) is 0. The van der Waals surface area contributed by atoms with E-state index in [0.29, 0.717) is 5.56 Å². The average molecular weight is 264 g/mol. The van der Waals surface area contributed by atoms with Gasteiger partial charge in [-0.05, 0) is 49.7 Å². The maximum Gasteiger partial charge on any atom is 0.206 e. The molecule has 2 rings (SSSR count). The summed E-state index contributed by atoms with van der Waals surface area (Å²) in [6, 6.07) is 10.0. The lowest BCUT2D eigenvalue weighted by atomic mass is 10.2. The van der Waals surface area contributed by atoms with Gasteiger partial charge >= 0.3 is 0 Å². The average Bonchev–Trinajstić information content (AvgIpc) is 2.29. The molecule has 0 aliphatic carbocycles. The normalized spacial score (nSPS) is 11.5. The minimum Gasteiger partial charge on any atom is -0.219 e. The number of rotatable bonds is 2. The first kappa shape index (κ1) is 12.8. The lowest BCUT2D eigenvalue weighted by Crippen LogP contribution is -2.04. The summed E-state index contributed by atoms with van der Waals surface area (Å²) in [6.45, 7) is 3.66. The van der Waals surface area contributed by atoms with Crippen molar-refractivity contribution in [2.24, 2.45) is 0 Å². The molecule has 0 spiro atoms. The smallest absolute Gasteiger partial charge is 0.206 e. The van der Waals surface area contributed by atoms with Crippen molar-refractivity contribution in [3.63, 3.8) is 0 Å². The first-order chi connectivity index (χ1) is 8.41. The molecule has 0 radical (unpaired) electrons. The quantitative estimate of drug-likeness (QED) is 0.780. The second kappa shape index (κ2) is 4.53. The van der Waals surface area contributed by atoms with Crippen molar-refractivity contribution in [2.45, 2.75) is 23.6 Å². The summed E-state index contributed by atoms with van der Waals surface area (Å²) in [7, 11) is -3.57. The topological polar surface area (TPSA) is 34.1 Å². The monoisotopic (exact) mass is 264 g/mol. The van der Waals surface area contributed by atoms with E-state index in [1.54, 1.807) is 19.1 Å². The molecular formula is C14H13FO2S. The molecule has 4 heteroatoms. The zero-order chi connectivity index (χ0) is 13.3. The Kier molecular flexibility index (Phi) is 3.22. The van der Waals surface area contributed by atoms with Crippen LogP contribution in [-0.2, 0) is 9.84 Å². The van der Waals surface area contributed by atoms with Crippen LogP contribution in [0.15, 0.2) is 52.3 Å². The Labute approximate surface area is 106 Å². The van der Waals surface area contributed by atoms with Gasteiger partial charge in [-0.25, -0.2) is 12.8 Å². The molecule has 0 saturated heterocycles. The van der Waals surface area contributed by atoms with Crippen molar-refractivity contribution in [3.05, 3.63) is 59.4 Å². The standard InChI is InChI=1S/C14H13FO2S/c1-10-3-8-14(11(2)9-10)18(16,17)13-6-4-12(15)5-7-13/h3-9H,1-2H3. The molecule has 2 aromatic carbocycles. The van der Waals surface area contributed by atoms with Crippen molar-refractivity contribution in [2.75, 3.05) is 0 Å². The first-order valence-electron chi connectivity index (χ1n) is 5.49. The lowest BCUT2D eigenvalue weighted by Gasteiger charge is -2.08. The summed E-state index contributed by atoms with van der Waals surface area (Å²) >= 11 is 0. The van der Waals surface area contributed by atoms with Gasteiger partial charge in [0.15, 0.2) is 0 Å². The summed E-state index contributed by atoms with van der Waals surface area (Å²) in [6.07, 6.45) is 0. The SMILES string of the molecule is Cc1ccc(S(=O)(=O)c2ccc(F)cc2)c(C)c1. The molecule has 2 nitrogen and oxygen atoms in total. The third-order valence-corrected chi connectivity index (χ3v) is 4.67. The minimum atomic E-state index is -3.57. The van der Waals surface area contributed by atoms with Crippen molar-refractivity contribution in [1.29, 1.82) is 0 Å². The predicted octanol–water partition coefficient (Wildman–Crippen LogP) is 3.28. The van der Waals surface area contributed by atoms with Gasteiger partial charge in [0.1, 0.15) is 5.82 Å². The maximum absolute atomic E-state index is 12.8. The van der Waals surface area contributed by atoms with Gasteiger partial charge < -0.3 is 0 Å². The molecule has 0 unspecified atom stereocenters. The molecule has 0 aliphatic heterocycles. The molecule has 0 heterocycles. The third kappa shape index (κ3) is 2.29. The van der Waals surface area contributed by atoms with Gasteiger partial charge in [0, 0.05) is 0 Å². The highest BCUT2D eigenvalue weighted by Gasteiger charge is 2.19. The molecule has 0 N–H and O–H groups in total. The highest BCUT2D eigenvalue weighted by Crippen LogP contribution is 2.24.